The zero-order valence-corrected chi connectivity index (χ0v) is 8.39. The van der Waals surface area contributed by atoms with Crippen molar-refractivity contribution in [1.29, 1.82) is 0 Å². The first kappa shape index (κ1) is 9.68. The summed E-state index contributed by atoms with van der Waals surface area (Å²) in [6.45, 7) is 1.62. The van der Waals surface area contributed by atoms with Crippen molar-refractivity contribution in [3.63, 3.8) is 0 Å². The third-order valence-electron chi connectivity index (χ3n) is 2.78. The highest BCUT2D eigenvalue weighted by Crippen LogP contribution is 2.25. The van der Waals surface area contributed by atoms with Gasteiger partial charge in [0, 0.05) is 26.5 Å². The van der Waals surface area contributed by atoms with Crippen LogP contribution >= 0.6 is 0 Å². The van der Waals surface area contributed by atoms with Crippen molar-refractivity contribution in [2.75, 3.05) is 13.2 Å². The van der Waals surface area contributed by atoms with E-state index in [9.17, 15) is 5.11 Å². The highest BCUT2D eigenvalue weighted by molar-refractivity contribution is 5.04. The van der Waals surface area contributed by atoms with Crippen LogP contribution in [0.25, 0.3) is 0 Å². The molecule has 0 aromatic carbocycles. The Hall–Kier alpha value is -0.870. The van der Waals surface area contributed by atoms with E-state index in [0.717, 1.165) is 31.7 Å². The van der Waals surface area contributed by atoms with E-state index in [1.165, 1.54) is 0 Å². The first-order chi connectivity index (χ1) is 6.77. The topological polar surface area (TPSA) is 47.3 Å². The van der Waals surface area contributed by atoms with Crippen LogP contribution in [0.2, 0.25) is 0 Å². The molecule has 0 radical (unpaired) electrons. The summed E-state index contributed by atoms with van der Waals surface area (Å²) in [6.07, 6.45) is 3.15. The number of hydrogen-bond acceptors (Lipinski definition) is 3. The van der Waals surface area contributed by atoms with Crippen molar-refractivity contribution in [1.82, 2.24) is 9.78 Å². The fourth-order valence-corrected chi connectivity index (χ4v) is 1.92. The van der Waals surface area contributed by atoms with Gasteiger partial charge in [0.1, 0.15) is 0 Å². The van der Waals surface area contributed by atoms with E-state index in [0.29, 0.717) is 5.92 Å². The molecule has 4 nitrogen and oxygen atoms in total. The quantitative estimate of drug-likeness (QED) is 0.780. The predicted molar refractivity (Wildman–Crippen MR) is 51.7 cm³/mol. The van der Waals surface area contributed by atoms with Crippen molar-refractivity contribution < 1.29 is 9.84 Å². The minimum absolute atomic E-state index is 0.408. The first-order valence-corrected chi connectivity index (χ1v) is 5.01. The second kappa shape index (κ2) is 4.11. The fraction of sp³-hybridized carbons (Fsp3) is 0.700. The SMILES string of the molecule is Cn1nccc1C(O)CC1CCOC1. The van der Waals surface area contributed by atoms with Crippen molar-refractivity contribution >= 4 is 0 Å². The summed E-state index contributed by atoms with van der Waals surface area (Å²) in [7, 11) is 1.85. The largest absolute Gasteiger partial charge is 0.387 e. The van der Waals surface area contributed by atoms with Crippen LogP contribution in [0.5, 0.6) is 0 Å². The zero-order valence-electron chi connectivity index (χ0n) is 8.39. The van der Waals surface area contributed by atoms with Gasteiger partial charge in [-0.05, 0) is 24.8 Å². The van der Waals surface area contributed by atoms with Gasteiger partial charge in [-0.15, -0.1) is 0 Å². The van der Waals surface area contributed by atoms with E-state index in [1.54, 1.807) is 10.9 Å². The van der Waals surface area contributed by atoms with Crippen LogP contribution in [0.4, 0.5) is 0 Å². The van der Waals surface area contributed by atoms with Gasteiger partial charge < -0.3 is 9.84 Å². The smallest absolute Gasteiger partial charge is 0.0960 e. The Labute approximate surface area is 83.5 Å². The van der Waals surface area contributed by atoms with Crippen LogP contribution in [-0.4, -0.2) is 28.1 Å². The third kappa shape index (κ3) is 1.96. The molecular formula is C10H16N2O2. The van der Waals surface area contributed by atoms with Crippen molar-refractivity contribution in [3.8, 4) is 0 Å². The summed E-state index contributed by atoms with van der Waals surface area (Å²) in [5.74, 6) is 0.500. The van der Waals surface area contributed by atoms with Gasteiger partial charge in [0.15, 0.2) is 0 Å². The third-order valence-corrected chi connectivity index (χ3v) is 2.78. The Kier molecular flexibility index (Phi) is 2.84. The Morgan fingerprint density at radius 3 is 3.21 bits per heavy atom. The molecule has 1 saturated heterocycles. The van der Waals surface area contributed by atoms with Gasteiger partial charge >= 0.3 is 0 Å². The molecule has 2 unspecified atom stereocenters. The molecule has 4 heteroatoms. The summed E-state index contributed by atoms with van der Waals surface area (Å²) >= 11 is 0. The Morgan fingerprint density at radius 1 is 1.79 bits per heavy atom. The summed E-state index contributed by atoms with van der Waals surface area (Å²) in [5.41, 5.74) is 0.886. The predicted octanol–water partition coefficient (Wildman–Crippen LogP) is 0.880. The van der Waals surface area contributed by atoms with Crippen LogP contribution in [-0.2, 0) is 11.8 Å². The molecule has 1 aromatic rings. The molecule has 0 spiro atoms. The molecule has 2 rings (SSSR count). The molecule has 2 atom stereocenters. The molecule has 0 saturated carbocycles. The summed E-state index contributed by atoms with van der Waals surface area (Å²) in [5, 5.41) is 14.0. The van der Waals surface area contributed by atoms with E-state index < -0.39 is 6.10 Å². The van der Waals surface area contributed by atoms with Crippen molar-refractivity contribution in [2.24, 2.45) is 13.0 Å². The molecule has 1 aliphatic rings. The normalized spacial score (nSPS) is 24.0. The monoisotopic (exact) mass is 196 g/mol. The Morgan fingerprint density at radius 2 is 2.64 bits per heavy atom. The maximum Gasteiger partial charge on any atom is 0.0960 e. The summed E-state index contributed by atoms with van der Waals surface area (Å²) in [6, 6.07) is 1.86. The molecule has 0 aliphatic carbocycles. The number of hydrogen-bond donors (Lipinski definition) is 1. The first-order valence-electron chi connectivity index (χ1n) is 5.01. The van der Waals surface area contributed by atoms with Gasteiger partial charge in [0.2, 0.25) is 0 Å². The van der Waals surface area contributed by atoms with Crippen LogP contribution < -0.4 is 0 Å². The second-order valence-electron chi connectivity index (χ2n) is 3.86. The summed E-state index contributed by atoms with van der Waals surface area (Å²) < 4.78 is 6.99. The molecule has 14 heavy (non-hydrogen) atoms. The van der Waals surface area contributed by atoms with E-state index >= 15 is 0 Å². The fourth-order valence-electron chi connectivity index (χ4n) is 1.92. The van der Waals surface area contributed by atoms with Crippen LogP contribution in [0.1, 0.15) is 24.6 Å². The van der Waals surface area contributed by atoms with Gasteiger partial charge in [-0.25, -0.2) is 0 Å². The molecule has 0 bridgehead atoms. The lowest BCUT2D eigenvalue weighted by atomic mass is 9.99. The maximum absolute atomic E-state index is 9.93. The number of aryl methyl sites for hydroxylation is 1. The highest BCUT2D eigenvalue weighted by atomic mass is 16.5. The van der Waals surface area contributed by atoms with Gasteiger partial charge in [0.05, 0.1) is 11.8 Å². The molecule has 1 fully saturated rings. The molecule has 0 amide bonds. The molecule has 2 heterocycles. The van der Waals surface area contributed by atoms with E-state index in [2.05, 4.69) is 5.10 Å². The molecule has 1 aromatic heterocycles. The Balaban J connectivity index is 1.95. The molecule has 1 aliphatic heterocycles. The number of aliphatic hydroxyl groups excluding tert-OH is 1. The van der Waals surface area contributed by atoms with E-state index in [1.807, 2.05) is 13.1 Å². The lowest BCUT2D eigenvalue weighted by Crippen LogP contribution is -2.10. The number of ether oxygens (including phenoxy) is 1. The maximum atomic E-state index is 9.93. The standard InChI is InChI=1S/C10H16N2O2/c1-12-9(2-4-11-12)10(13)6-8-3-5-14-7-8/h2,4,8,10,13H,3,5-7H2,1H3. The number of aromatic nitrogens is 2. The van der Waals surface area contributed by atoms with Gasteiger partial charge in [-0.1, -0.05) is 0 Å². The number of aliphatic hydroxyl groups is 1. The van der Waals surface area contributed by atoms with E-state index in [-0.39, 0.29) is 0 Å². The highest BCUT2D eigenvalue weighted by Gasteiger charge is 2.21. The minimum Gasteiger partial charge on any atom is -0.387 e. The van der Waals surface area contributed by atoms with Gasteiger partial charge in [-0.3, -0.25) is 4.68 Å². The zero-order chi connectivity index (χ0) is 9.97. The number of nitrogens with zero attached hydrogens (tertiary/aromatic N) is 2. The Bertz CT molecular complexity index is 292. The van der Waals surface area contributed by atoms with Crippen LogP contribution in [0.15, 0.2) is 12.3 Å². The van der Waals surface area contributed by atoms with E-state index in [4.69, 9.17) is 4.74 Å². The van der Waals surface area contributed by atoms with Gasteiger partial charge in [0.25, 0.3) is 0 Å². The van der Waals surface area contributed by atoms with Crippen LogP contribution in [0, 0.1) is 5.92 Å². The lowest BCUT2D eigenvalue weighted by Gasteiger charge is -2.14. The molecule has 1 N–H and O–H groups in total. The average molecular weight is 196 g/mol. The number of rotatable bonds is 3. The second-order valence-corrected chi connectivity index (χ2v) is 3.86. The molecule has 78 valence electrons. The lowest BCUT2D eigenvalue weighted by molar-refractivity contribution is 0.123. The molecular weight excluding hydrogens is 180 g/mol. The van der Waals surface area contributed by atoms with Crippen molar-refractivity contribution in [3.05, 3.63) is 18.0 Å². The average Bonchev–Trinajstić information content (AvgIpc) is 2.75. The van der Waals surface area contributed by atoms with Crippen LogP contribution in [0.3, 0.4) is 0 Å². The minimum atomic E-state index is -0.408. The summed E-state index contributed by atoms with van der Waals surface area (Å²) in [4.78, 5) is 0. The van der Waals surface area contributed by atoms with Gasteiger partial charge in [-0.2, -0.15) is 5.10 Å². The van der Waals surface area contributed by atoms with Crippen molar-refractivity contribution in [2.45, 2.75) is 18.9 Å².